The van der Waals surface area contributed by atoms with E-state index < -0.39 is 6.10 Å². The van der Waals surface area contributed by atoms with Gasteiger partial charge in [-0.25, -0.2) is 0 Å². The van der Waals surface area contributed by atoms with E-state index in [1.54, 1.807) is 0 Å². The Kier molecular flexibility index (Phi) is 30.7. The van der Waals surface area contributed by atoms with Crippen LogP contribution in [-0.2, 0) is 19.1 Å². The van der Waals surface area contributed by atoms with Crippen molar-refractivity contribution in [2.75, 3.05) is 13.2 Å². The molecule has 1 N–H and O–H groups in total. The van der Waals surface area contributed by atoms with Gasteiger partial charge < -0.3 is 14.6 Å². The molecule has 0 rings (SSSR count). The number of aliphatic hydroxyl groups is 1. The summed E-state index contributed by atoms with van der Waals surface area (Å²) in [4.78, 5) is 24.1. The number of unbranched alkanes of at least 4 members (excludes halogenated alkanes) is 13. The first-order chi connectivity index (χ1) is 20.1. The zero-order valence-corrected chi connectivity index (χ0v) is 26.5. The molecular formula is C36H62O5. The Morgan fingerprint density at radius 3 is 1.59 bits per heavy atom. The van der Waals surface area contributed by atoms with E-state index >= 15 is 0 Å². The molecule has 5 nitrogen and oxygen atoms in total. The second kappa shape index (κ2) is 32.4. The summed E-state index contributed by atoms with van der Waals surface area (Å²) >= 11 is 0. The standard InChI is InChI=1S/C36H62O5/c1-3-5-7-9-11-13-15-17-18-19-21-23-25-27-29-31-36(39)41-34(32-37)33-40-35(38)30-28-26-24-22-20-16-14-12-10-8-6-4-2/h5,7,11,13,17-18,21,23,34,37H,3-4,6,8-10,12,14-16,19-20,22,24-33H2,1-2H3. The quantitative estimate of drug-likeness (QED) is 0.0547. The number of esters is 2. The van der Waals surface area contributed by atoms with Gasteiger partial charge in [0.15, 0.2) is 6.10 Å². The van der Waals surface area contributed by atoms with Crippen LogP contribution in [0, 0.1) is 0 Å². The number of aliphatic hydroxyl groups excluding tert-OH is 1. The van der Waals surface area contributed by atoms with Crippen LogP contribution in [0.3, 0.4) is 0 Å². The van der Waals surface area contributed by atoms with Gasteiger partial charge in [0.1, 0.15) is 6.61 Å². The summed E-state index contributed by atoms with van der Waals surface area (Å²) in [5.41, 5.74) is 0. The summed E-state index contributed by atoms with van der Waals surface area (Å²) in [6.07, 6.45) is 38.8. The van der Waals surface area contributed by atoms with E-state index in [2.05, 4.69) is 62.5 Å². The lowest BCUT2D eigenvalue weighted by Gasteiger charge is -2.15. The zero-order chi connectivity index (χ0) is 30.1. The number of hydrogen-bond donors (Lipinski definition) is 1. The van der Waals surface area contributed by atoms with Crippen molar-refractivity contribution in [2.24, 2.45) is 0 Å². The number of ether oxygens (including phenoxy) is 2. The van der Waals surface area contributed by atoms with Crippen LogP contribution in [0.2, 0.25) is 0 Å². The van der Waals surface area contributed by atoms with E-state index in [1.165, 1.54) is 57.8 Å². The summed E-state index contributed by atoms with van der Waals surface area (Å²) in [6, 6.07) is 0. The molecule has 5 heteroatoms. The van der Waals surface area contributed by atoms with Gasteiger partial charge in [-0.15, -0.1) is 0 Å². The summed E-state index contributed by atoms with van der Waals surface area (Å²) in [7, 11) is 0. The molecule has 0 heterocycles. The molecule has 0 fully saturated rings. The summed E-state index contributed by atoms with van der Waals surface area (Å²) < 4.78 is 10.5. The second-order valence-electron chi connectivity index (χ2n) is 10.9. The van der Waals surface area contributed by atoms with Crippen LogP contribution in [-0.4, -0.2) is 36.4 Å². The zero-order valence-electron chi connectivity index (χ0n) is 26.5. The molecular weight excluding hydrogens is 512 g/mol. The average molecular weight is 575 g/mol. The minimum absolute atomic E-state index is 0.0821. The molecule has 0 aliphatic heterocycles. The van der Waals surface area contributed by atoms with Crippen LogP contribution < -0.4 is 0 Å². The minimum Gasteiger partial charge on any atom is -0.462 e. The van der Waals surface area contributed by atoms with Crippen molar-refractivity contribution in [1.29, 1.82) is 0 Å². The first-order valence-corrected chi connectivity index (χ1v) is 16.7. The maximum Gasteiger partial charge on any atom is 0.306 e. The van der Waals surface area contributed by atoms with Gasteiger partial charge in [-0.1, -0.05) is 133 Å². The molecule has 1 atom stereocenters. The van der Waals surface area contributed by atoms with E-state index in [1.807, 2.05) is 0 Å². The molecule has 0 bridgehead atoms. The van der Waals surface area contributed by atoms with Crippen molar-refractivity contribution in [2.45, 2.75) is 155 Å². The summed E-state index contributed by atoms with van der Waals surface area (Å²) in [5, 5.41) is 9.49. The van der Waals surface area contributed by atoms with Gasteiger partial charge in [0.25, 0.3) is 0 Å². The molecule has 0 saturated carbocycles. The second-order valence-corrected chi connectivity index (χ2v) is 10.9. The van der Waals surface area contributed by atoms with Crippen LogP contribution in [0.1, 0.15) is 149 Å². The molecule has 0 aromatic carbocycles. The van der Waals surface area contributed by atoms with E-state index in [9.17, 15) is 14.7 Å². The average Bonchev–Trinajstić information content (AvgIpc) is 2.97. The lowest BCUT2D eigenvalue weighted by molar-refractivity contribution is -0.161. The largest absolute Gasteiger partial charge is 0.462 e. The van der Waals surface area contributed by atoms with Crippen LogP contribution in [0.15, 0.2) is 48.6 Å². The van der Waals surface area contributed by atoms with Gasteiger partial charge in [0.2, 0.25) is 0 Å². The number of carbonyl (C=O) groups is 2. The van der Waals surface area contributed by atoms with Crippen molar-refractivity contribution in [1.82, 2.24) is 0 Å². The number of rotatable bonds is 29. The third-order valence-corrected chi connectivity index (χ3v) is 6.89. The van der Waals surface area contributed by atoms with E-state index in [4.69, 9.17) is 9.47 Å². The molecule has 0 aromatic heterocycles. The Balaban J connectivity index is 3.68. The van der Waals surface area contributed by atoms with Crippen LogP contribution in [0.5, 0.6) is 0 Å². The highest BCUT2D eigenvalue weighted by atomic mass is 16.6. The first kappa shape index (κ1) is 38.9. The molecule has 0 radical (unpaired) electrons. The maximum absolute atomic E-state index is 12.1. The van der Waals surface area contributed by atoms with E-state index in [0.29, 0.717) is 12.8 Å². The Morgan fingerprint density at radius 1 is 0.585 bits per heavy atom. The highest BCUT2D eigenvalue weighted by Gasteiger charge is 2.16. The first-order valence-electron chi connectivity index (χ1n) is 16.7. The lowest BCUT2D eigenvalue weighted by atomic mass is 10.0. The molecule has 0 amide bonds. The molecule has 236 valence electrons. The highest BCUT2D eigenvalue weighted by Crippen LogP contribution is 2.13. The normalized spacial score (nSPS) is 12.8. The maximum atomic E-state index is 12.1. The SMILES string of the molecule is CCC=CCC=CCC=CCC=CCCCCC(=O)OC(CO)COC(=O)CCCCCCCCCCCCCC. The Bertz CT molecular complexity index is 707. The minimum atomic E-state index is -0.789. The summed E-state index contributed by atoms with van der Waals surface area (Å²) in [6.45, 7) is 3.96. The van der Waals surface area contributed by atoms with Crippen molar-refractivity contribution >= 4 is 11.9 Å². The van der Waals surface area contributed by atoms with Crippen LogP contribution in [0.4, 0.5) is 0 Å². The van der Waals surface area contributed by atoms with E-state index in [0.717, 1.165) is 64.2 Å². The molecule has 0 aliphatic carbocycles. The van der Waals surface area contributed by atoms with Crippen LogP contribution >= 0.6 is 0 Å². The third kappa shape index (κ3) is 30.6. The topological polar surface area (TPSA) is 72.8 Å². The van der Waals surface area contributed by atoms with E-state index in [-0.39, 0.29) is 25.2 Å². The molecule has 41 heavy (non-hydrogen) atoms. The smallest absolute Gasteiger partial charge is 0.306 e. The van der Waals surface area contributed by atoms with Gasteiger partial charge in [0.05, 0.1) is 6.61 Å². The Hall–Kier alpha value is -2.14. The van der Waals surface area contributed by atoms with Crippen LogP contribution in [0.25, 0.3) is 0 Å². The van der Waals surface area contributed by atoms with Crippen molar-refractivity contribution < 1.29 is 24.2 Å². The molecule has 1 unspecified atom stereocenters. The fourth-order valence-corrected chi connectivity index (χ4v) is 4.37. The van der Waals surface area contributed by atoms with Gasteiger partial charge in [0, 0.05) is 12.8 Å². The molecule has 0 spiro atoms. The molecule has 0 saturated heterocycles. The Labute approximate surface area is 252 Å². The predicted octanol–water partition coefficient (Wildman–Crippen LogP) is 9.89. The molecule has 0 aromatic rings. The van der Waals surface area contributed by atoms with Crippen molar-refractivity contribution in [3.05, 3.63) is 48.6 Å². The highest BCUT2D eigenvalue weighted by molar-refractivity contribution is 5.70. The van der Waals surface area contributed by atoms with Gasteiger partial charge in [-0.05, 0) is 51.4 Å². The fraction of sp³-hybridized carbons (Fsp3) is 0.722. The number of allylic oxidation sites excluding steroid dienone is 8. The van der Waals surface area contributed by atoms with Crippen molar-refractivity contribution in [3.8, 4) is 0 Å². The fourth-order valence-electron chi connectivity index (χ4n) is 4.37. The predicted molar refractivity (Wildman–Crippen MR) is 173 cm³/mol. The van der Waals surface area contributed by atoms with Gasteiger partial charge >= 0.3 is 11.9 Å². The lowest BCUT2D eigenvalue weighted by Crippen LogP contribution is -2.28. The van der Waals surface area contributed by atoms with Crippen molar-refractivity contribution in [3.63, 3.8) is 0 Å². The van der Waals surface area contributed by atoms with Gasteiger partial charge in [-0.3, -0.25) is 9.59 Å². The number of carbonyl (C=O) groups excluding carboxylic acids is 2. The summed E-state index contributed by atoms with van der Waals surface area (Å²) in [5.74, 6) is -0.643. The van der Waals surface area contributed by atoms with Gasteiger partial charge in [-0.2, -0.15) is 0 Å². The Morgan fingerprint density at radius 2 is 1.05 bits per heavy atom. The third-order valence-electron chi connectivity index (χ3n) is 6.89. The number of hydrogen-bond acceptors (Lipinski definition) is 5. The monoisotopic (exact) mass is 574 g/mol. The molecule has 0 aliphatic rings.